The maximum atomic E-state index is 11.0. The summed E-state index contributed by atoms with van der Waals surface area (Å²) < 4.78 is 15.1. The van der Waals surface area contributed by atoms with Crippen molar-refractivity contribution >= 4 is 5.97 Å². The fourth-order valence-electron chi connectivity index (χ4n) is 1.30. The van der Waals surface area contributed by atoms with Gasteiger partial charge in [0.1, 0.15) is 18.5 Å². The molecule has 0 bridgehead atoms. The summed E-state index contributed by atoms with van der Waals surface area (Å²) in [6, 6.07) is 7.42. The van der Waals surface area contributed by atoms with E-state index in [4.69, 9.17) is 9.47 Å². The summed E-state index contributed by atoms with van der Waals surface area (Å²) in [7, 11) is 1.38. The molecule has 0 radical (unpaired) electrons. The fraction of sp³-hybridized carbons (Fsp3) is 0.417. The summed E-state index contributed by atoms with van der Waals surface area (Å²) >= 11 is 0. The number of esters is 1. The molecule has 16 heavy (non-hydrogen) atoms. The van der Waals surface area contributed by atoms with Gasteiger partial charge in [0.25, 0.3) is 0 Å². The first kappa shape index (κ1) is 11.0. The van der Waals surface area contributed by atoms with Crippen molar-refractivity contribution < 1.29 is 19.0 Å². The average Bonchev–Trinajstić information content (AvgIpc) is 3.12. The topological polar surface area (TPSA) is 48.1 Å². The predicted molar refractivity (Wildman–Crippen MR) is 57.4 cm³/mol. The molecule has 0 unspecified atom stereocenters. The zero-order valence-corrected chi connectivity index (χ0v) is 9.14. The van der Waals surface area contributed by atoms with Gasteiger partial charge >= 0.3 is 5.97 Å². The van der Waals surface area contributed by atoms with E-state index < -0.39 is 0 Å². The lowest BCUT2D eigenvalue weighted by Crippen LogP contribution is -2.05. The Morgan fingerprint density at radius 1 is 1.44 bits per heavy atom. The van der Waals surface area contributed by atoms with Gasteiger partial charge in [-0.3, -0.25) is 4.79 Å². The maximum absolute atomic E-state index is 11.0. The van der Waals surface area contributed by atoms with Gasteiger partial charge in [0.15, 0.2) is 0 Å². The molecule has 0 aliphatic carbocycles. The highest BCUT2D eigenvalue weighted by atomic mass is 16.6. The van der Waals surface area contributed by atoms with E-state index in [1.807, 2.05) is 24.3 Å². The molecule has 0 saturated carbocycles. The lowest BCUT2D eigenvalue weighted by Gasteiger charge is -2.05. The molecule has 0 aromatic heterocycles. The van der Waals surface area contributed by atoms with Gasteiger partial charge in [-0.25, -0.2) is 0 Å². The van der Waals surface area contributed by atoms with Crippen molar-refractivity contribution in [2.45, 2.75) is 12.5 Å². The zero-order valence-electron chi connectivity index (χ0n) is 9.14. The van der Waals surface area contributed by atoms with Gasteiger partial charge in [-0.1, -0.05) is 12.1 Å². The SMILES string of the molecule is COC(=O)Cc1ccc(OC[C@@H]2CO2)cc1. The molecule has 4 nitrogen and oxygen atoms in total. The van der Waals surface area contributed by atoms with Gasteiger partial charge in [-0.05, 0) is 17.7 Å². The van der Waals surface area contributed by atoms with Crippen molar-refractivity contribution in [2.24, 2.45) is 0 Å². The second-order valence-corrected chi connectivity index (χ2v) is 3.66. The van der Waals surface area contributed by atoms with Gasteiger partial charge in [0.2, 0.25) is 0 Å². The highest BCUT2D eigenvalue weighted by Gasteiger charge is 2.22. The lowest BCUT2D eigenvalue weighted by molar-refractivity contribution is -0.139. The second kappa shape index (κ2) is 4.99. The standard InChI is InChI=1S/C12H14O4/c1-14-12(13)6-9-2-4-10(5-3-9)15-7-11-8-16-11/h2-5,11H,6-8H2,1H3/t11-/m1/s1. The smallest absolute Gasteiger partial charge is 0.309 e. The average molecular weight is 222 g/mol. The van der Waals surface area contributed by atoms with Crippen molar-refractivity contribution in [3.05, 3.63) is 29.8 Å². The molecule has 1 fully saturated rings. The van der Waals surface area contributed by atoms with E-state index in [0.29, 0.717) is 13.0 Å². The van der Waals surface area contributed by atoms with Gasteiger partial charge in [-0.15, -0.1) is 0 Å². The molecule has 1 atom stereocenters. The summed E-state index contributed by atoms with van der Waals surface area (Å²) in [5.41, 5.74) is 0.918. The first-order chi connectivity index (χ1) is 7.78. The molecule has 1 saturated heterocycles. The van der Waals surface area contributed by atoms with Crippen LogP contribution in [0.2, 0.25) is 0 Å². The minimum absolute atomic E-state index is 0.236. The molecule has 2 rings (SSSR count). The fourth-order valence-corrected chi connectivity index (χ4v) is 1.30. The van der Waals surface area contributed by atoms with E-state index in [1.54, 1.807) is 0 Å². The number of carbonyl (C=O) groups is 1. The third kappa shape index (κ3) is 3.24. The van der Waals surface area contributed by atoms with Gasteiger partial charge in [0, 0.05) is 0 Å². The van der Waals surface area contributed by atoms with Crippen LogP contribution < -0.4 is 4.74 Å². The Balaban J connectivity index is 1.85. The summed E-state index contributed by atoms with van der Waals surface area (Å²) in [6.45, 7) is 1.39. The Bertz CT molecular complexity index is 354. The highest BCUT2D eigenvalue weighted by Crippen LogP contribution is 2.16. The number of hydrogen-bond donors (Lipinski definition) is 0. The van der Waals surface area contributed by atoms with Crippen LogP contribution >= 0.6 is 0 Å². The monoisotopic (exact) mass is 222 g/mol. The second-order valence-electron chi connectivity index (χ2n) is 3.66. The van der Waals surface area contributed by atoms with E-state index in [1.165, 1.54) is 7.11 Å². The molecule has 4 heteroatoms. The van der Waals surface area contributed by atoms with Crippen LogP contribution in [-0.2, 0) is 20.7 Å². The highest BCUT2D eigenvalue weighted by molar-refractivity contribution is 5.72. The largest absolute Gasteiger partial charge is 0.491 e. The van der Waals surface area contributed by atoms with Crippen LogP contribution in [0.5, 0.6) is 5.75 Å². The minimum Gasteiger partial charge on any atom is -0.491 e. The van der Waals surface area contributed by atoms with Crippen LogP contribution in [-0.4, -0.2) is 32.4 Å². The zero-order chi connectivity index (χ0) is 11.4. The van der Waals surface area contributed by atoms with Crippen LogP contribution in [0.1, 0.15) is 5.56 Å². The molecule has 0 N–H and O–H groups in total. The number of hydrogen-bond acceptors (Lipinski definition) is 4. The number of epoxide rings is 1. The van der Waals surface area contributed by atoms with Gasteiger partial charge in [-0.2, -0.15) is 0 Å². The maximum Gasteiger partial charge on any atom is 0.309 e. The molecule has 0 spiro atoms. The van der Waals surface area contributed by atoms with Gasteiger partial charge in [0.05, 0.1) is 20.1 Å². The Hall–Kier alpha value is -1.55. The van der Waals surface area contributed by atoms with Gasteiger partial charge < -0.3 is 14.2 Å². The Morgan fingerprint density at radius 2 is 2.12 bits per heavy atom. The number of benzene rings is 1. The molecule has 1 aliphatic heterocycles. The minimum atomic E-state index is -0.236. The molecule has 86 valence electrons. The Labute approximate surface area is 94.1 Å². The summed E-state index contributed by atoms with van der Waals surface area (Å²) in [5, 5.41) is 0. The molecular formula is C12H14O4. The van der Waals surface area contributed by atoms with Crippen LogP contribution in [0.4, 0.5) is 0 Å². The van der Waals surface area contributed by atoms with E-state index in [9.17, 15) is 4.79 Å². The molecule has 1 aliphatic rings. The first-order valence-electron chi connectivity index (χ1n) is 5.18. The van der Waals surface area contributed by atoms with Crippen molar-refractivity contribution in [3.63, 3.8) is 0 Å². The van der Waals surface area contributed by atoms with Crippen molar-refractivity contribution in [2.75, 3.05) is 20.3 Å². The summed E-state index contributed by atoms with van der Waals surface area (Å²) in [4.78, 5) is 11.0. The normalized spacial score (nSPS) is 17.9. The van der Waals surface area contributed by atoms with Crippen molar-refractivity contribution in [3.8, 4) is 5.75 Å². The quantitative estimate of drug-likeness (QED) is 0.554. The lowest BCUT2D eigenvalue weighted by atomic mass is 10.1. The molecule has 1 heterocycles. The van der Waals surface area contributed by atoms with E-state index in [-0.39, 0.29) is 12.1 Å². The van der Waals surface area contributed by atoms with Crippen LogP contribution in [0, 0.1) is 0 Å². The Kier molecular flexibility index (Phi) is 3.41. The van der Waals surface area contributed by atoms with E-state index in [2.05, 4.69) is 4.74 Å². The third-order valence-corrected chi connectivity index (χ3v) is 2.34. The number of rotatable bonds is 5. The number of methoxy groups -OCH3 is 1. The first-order valence-corrected chi connectivity index (χ1v) is 5.18. The van der Waals surface area contributed by atoms with Crippen LogP contribution in [0.25, 0.3) is 0 Å². The molecule has 1 aromatic rings. The molecular weight excluding hydrogens is 208 g/mol. The van der Waals surface area contributed by atoms with Crippen LogP contribution in [0.15, 0.2) is 24.3 Å². The molecule has 0 amide bonds. The number of carbonyl (C=O) groups excluding carboxylic acids is 1. The van der Waals surface area contributed by atoms with E-state index >= 15 is 0 Å². The summed E-state index contributed by atoms with van der Waals surface area (Å²) in [6.07, 6.45) is 0.553. The van der Waals surface area contributed by atoms with Crippen molar-refractivity contribution in [1.82, 2.24) is 0 Å². The van der Waals surface area contributed by atoms with Crippen LogP contribution in [0.3, 0.4) is 0 Å². The summed E-state index contributed by atoms with van der Waals surface area (Å²) in [5.74, 6) is 0.559. The predicted octanol–water partition coefficient (Wildman–Crippen LogP) is 1.18. The van der Waals surface area contributed by atoms with E-state index in [0.717, 1.165) is 17.9 Å². The molecule has 1 aromatic carbocycles. The Morgan fingerprint density at radius 3 is 2.69 bits per heavy atom. The third-order valence-electron chi connectivity index (χ3n) is 2.34. The number of ether oxygens (including phenoxy) is 3. The van der Waals surface area contributed by atoms with Crippen molar-refractivity contribution in [1.29, 1.82) is 0 Å².